The average Bonchev–Trinajstić information content (AvgIpc) is 2.34. The molecule has 18 heavy (non-hydrogen) atoms. The number of benzene rings is 1. The molecule has 0 saturated carbocycles. The molecule has 0 radical (unpaired) electrons. The summed E-state index contributed by atoms with van der Waals surface area (Å²) in [6, 6.07) is 7.93. The summed E-state index contributed by atoms with van der Waals surface area (Å²) < 4.78 is 0. The lowest BCUT2D eigenvalue weighted by Gasteiger charge is -2.08. The van der Waals surface area contributed by atoms with E-state index < -0.39 is 5.91 Å². The molecule has 0 aliphatic heterocycles. The molecule has 98 valence electrons. The molecular weight excluding hydrogens is 246 g/mol. The van der Waals surface area contributed by atoms with Crippen LogP contribution in [0.5, 0.6) is 0 Å². The van der Waals surface area contributed by atoms with Crippen molar-refractivity contribution >= 4 is 23.7 Å². The van der Waals surface area contributed by atoms with Crippen LogP contribution in [-0.4, -0.2) is 29.0 Å². The zero-order valence-corrected chi connectivity index (χ0v) is 11.8. The van der Waals surface area contributed by atoms with Gasteiger partial charge in [0.25, 0.3) is 5.91 Å². The molecule has 0 aliphatic carbocycles. The number of likely N-dealkylation sites (N-methyl/N-ethyl adjacent to an activating group) is 1. The van der Waals surface area contributed by atoms with Gasteiger partial charge < -0.3 is 0 Å². The maximum atomic E-state index is 11.3. The fourth-order valence-corrected chi connectivity index (χ4v) is 2.27. The van der Waals surface area contributed by atoms with Crippen LogP contribution < -0.4 is 0 Å². The van der Waals surface area contributed by atoms with E-state index in [1.807, 2.05) is 24.3 Å². The van der Waals surface area contributed by atoms with Gasteiger partial charge in [-0.05, 0) is 23.6 Å². The fraction of sp³-hybridized carbons (Fsp3) is 0.357. The third-order valence-corrected chi connectivity index (χ3v) is 3.73. The SMILES string of the molecule is CC(C)CSc1ccccc1/C=C/C(=O)N(C)O. The van der Waals surface area contributed by atoms with Gasteiger partial charge in [0, 0.05) is 23.8 Å². The number of hydroxylamine groups is 2. The number of carbonyl (C=O) groups is 1. The van der Waals surface area contributed by atoms with E-state index in [4.69, 9.17) is 5.21 Å². The second-order valence-corrected chi connectivity index (χ2v) is 5.50. The Morgan fingerprint density at radius 2 is 2.11 bits per heavy atom. The summed E-state index contributed by atoms with van der Waals surface area (Å²) in [5.41, 5.74) is 0.998. The standard InChI is InChI=1S/C14H19NO2S/c1-11(2)10-18-13-7-5-4-6-12(13)8-9-14(16)15(3)17/h4-9,11,17H,10H2,1-3H3/b9-8+. The highest BCUT2D eigenvalue weighted by molar-refractivity contribution is 7.99. The number of rotatable bonds is 5. The number of hydrogen-bond donors (Lipinski definition) is 1. The molecule has 0 saturated heterocycles. The molecule has 1 N–H and O–H groups in total. The minimum atomic E-state index is -0.432. The van der Waals surface area contributed by atoms with Crippen molar-refractivity contribution < 1.29 is 10.0 Å². The van der Waals surface area contributed by atoms with Crippen molar-refractivity contribution in [3.63, 3.8) is 0 Å². The van der Waals surface area contributed by atoms with Gasteiger partial charge >= 0.3 is 0 Å². The van der Waals surface area contributed by atoms with Gasteiger partial charge in [-0.15, -0.1) is 11.8 Å². The Kier molecular flexibility index (Phi) is 5.95. The molecule has 3 nitrogen and oxygen atoms in total. The highest BCUT2D eigenvalue weighted by Gasteiger charge is 2.03. The third-order valence-electron chi connectivity index (χ3n) is 2.22. The predicted molar refractivity (Wildman–Crippen MR) is 75.6 cm³/mol. The summed E-state index contributed by atoms with van der Waals surface area (Å²) in [6.45, 7) is 4.35. The van der Waals surface area contributed by atoms with Gasteiger partial charge in [0.1, 0.15) is 0 Å². The Morgan fingerprint density at radius 1 is 1.44 bits per heavy atom. The van der Waals surface area contributed by atoms with Crippen molar-refractivity contribution in [1.29, 1.82) is 0 Å². The lowest BCUT2D eigenvalue weighted by molar-refractivity contribution is -0.153. The van der Waals surface area contributed by atoms with Gasteiger partial charge in [-0.1, -0.05) is 32.0 Å². The van der Waals surface area contributed by atoms with Crippen LogP contribution in [0.2, 0.25) is 0 Å². The number of hydrogen-bond acceptors (Lipinski definition) is 3. The third kappa shape index (κ3) is 4.94. The fourth-order valence-electron chi connectivity index (χ4n) is 1.28. The quantitative estimate of drug-likeness (QED) is 0.384. The van der Waals surface area contributed by atoms with Crippen molar-refractivity contribution in [3.8, 4) is 0 Å². The first-order valence-corrected chi connectivity index (χ1v) is 6.85. The largest absolute Gasteiger partial charge is 0.286 e. The Balaban J connectivity index is 2.79. The second-order valence-electron chi connectivity index (χ2n) is 4.44. The van der Waals surface area contributed by atoms with Gasteiger partial charge in [-0.2, -0.15) is 0 Å². The predicted octanol–water partition coefficient (Wildman–Crippen LogP) is 3.30. The summed E-state index contributed by atoms with van der Waals surface area (Å²) in [6.07, 6.45) is 3.10. The Hall–Kier alpha value is -1.26. The van der Waals surface area contributed by atoms with Gasteiger partial charge in [-0.3, -0.25) is 10.0 Å². The van der Waals surface area contributed by atoms with Crippen LogP contribution in [0.3, 0.4) is 0 Å². The lowest BCUT2D eigenvalue weighted by Crippen LogP contribution is -2.19. The molecule has 1 aromatic carbocycles. The first-order valence-electron chi connectivity index (χ1n) is 5.87. The van der Waals surface area contributed by atoms with Gasteiger partial charge in [0.05, 0.1) is 0 Å². The van der Waals surface area contributed by atoms with E-state index in [2.05, 4.69) is 13.8 Å². The molecule has 0 aromatic heterocycles. The van der Waals surface area contributed by atoms with Crippen LogP contribution in [0.25, 0.3) is 6.08 Å². The Labute approximate surface area is 112 Å². The summed E-state index contributed by atoms with van der Waals surface area (Å²) in [4.78, 5) is 12.4. The number of amides is 1. The molecule has 0 bridgehead atoms. The molecule has 0 atom stereocenters. The zero-order valence-electron chi connectivity index (χ0n) is 11.0. The summed E-state index contributed by atoms with van der Waals surface area (Å²) in [5, 5.41) is 9.54. The van der Waals surface area contributed by atoms with Gasteiger partial charge in [0.15, 0.2) is 0 Å². The smallest absolute Gasteiger partial charge is 0.269 e. The minimum absolute atomic E-state index is 0.432. The van der Waals surface area contributed by atoms with Crippen LogP contribution in [0.15, 0.2) is 35.2 Å². The van der Waals surface area contributed by atoms with Crippen molar-refractivity contribution in [1.82, 2.24) is 5.06 Å². The lowest BCUT2D eigenvalue weighted by atomic mass is 10.2. The van der Waals surface area contributed by atoms with E-state index in [0.717, 1.165) is 16.2 Å². The van der Waals surface area contributed by atoms with E-state index in [1.165, 1.54) is 13.1 Å². The monoisotopic (exact) mass is 265 g/mol. The van der Waals surface area contributed by atoms with E-state index in [1.54, 1.807) is 17.8 Å². The van der Waals surface area contributed by atoms with Crippen molar-refractivity contribution in [2.45, 2.75) is 18.7 Å². The normalized spacial score (nSPS) is 11.2. The first kappa shape index (κ1) is 14.8. The van der Waals surface area contributed by atoms with Crippen LogP contribution in [0.1, 0.15) is 19.4 Å². The topological polar surface area (TPSA) is 40.5 Å². The van der Waals surface area contributed by atoms with Crippen LogP contribution >= 0.6 is 11.8 Å². The maximum absolute atomic E-state index is 11.3. The summed E-state index contributed by atoms with van der Waals surface area (Å²) in [5.74, 6) is 1.23. The highest BCUT2D eigenvalue weighted by Crippen LogP contribution is 2.25. The van der Waals surface area contributed by atoms with Crippen molar-refractivity contribution in [3.05, 3.63) is 35.9 Å². The highest BCUT2D eigenvalue weighted by atomic mass is 32.2. The molecule has 0 fully saturated rings. The van der Waals surface area contributed by atoms with E-state index in [9.17, 15) is 4.79 Å². The number of carbonyl (C=O) groups excluding carboxylic acids is 1. The number of nitrogens with zero attached hydrogens (tertiary/aromatic N) is 1. The zero-order chi connectivity index (χ0) is 13.5. The van der Waals surface area contributed by atoms with Crippen LogP contribution in [0.4, 0.5) is 0 Å². The molecule has 1 rings (SSSR count). The van der Waals surface area contributed by atoms with E-state index in [-0.39, 0.29) is 0 Å². The van der Waals surface area contributed by atoms with Crippen LogP contribution in [0, 0.1) is 5.92 Å². The molecule has 0 unspecified atom stereocenters. The molecule has 0 spiro atoms. The average molecular weight is 265 g/mol. The summed E-state index contributed by atoms with van der Waals surface area (Å²) >= 11 is 1.78. The molecule has 0 heterocycles. The van der Waals surface area contributed by atoms with E-state index in [0.29, 0.717) is 11.0 Å². The molecule has 0 aliphatic rings. The Morgan fingerprint density at radius 3 is 2.72 bits per heavy atom. The van der Waals surface area contributed by atoms with E-state index >= 15 is 0 Å². The number of thioether (sulfide) groups is 1. The molecular formula is C14H19NO2S. The Bertz CT molecular complexity index is 428. The van der Waals surface area contributed by atoms with Gasteiger partial charge in [0.2, 0.25) is 0 Å². The van der Waals surface area contributed by atoms with Crippen LogP contribution in [-0.2, 0) is 4.79 Å². The molecule has 1 amide bonds. The maximum Gasteiger partial charge on any atom is 0.269 e. The molecule has 1 aromatic rings. The molecule has 4 heteroatoms. The summed E-state index contributed by atoms with van der Waals surface area (Å²) in [7, 11) is 1.31. The first-order chi connectivity index (χ1) is 8.50. The van der Waals surface area contributed by atoms with Gasteiger partial charge in [-0.25, -0.2) is 5.06 Å². The minimum Gasteiger partial charge on any atom is -0.286 e. The van der Waals surface area contributed by atoms with Crippen molar-refractivity contribution in [2.24, 2.45) is 5.92 Å². The second kappa shape index (κ2) is 7.24. The van der Waals surface area contributed by atoms with Crippen molar-refractivity contribution in [2.75, 3.05) is 12.8 Å².